The normalized spacial score (nSPS) is 14.0. The first kappa shape index (κ1) is 24.2. The first-order chi connectivity index (χ1) is 21.9. The van der Waals surface area contributed by atoms with Crippen LogP contribution in [0.2, 0.25) is 0 Å². The minimum atomic E-state index is -2.42. The second-order valence-electron chi connectivity index (χ2n) is 11.3. The van der Waals surface area contributed by atoms with Crippen molar-refractivity contribution in [2.75, 3.05) is 0 Å². The van der Waals surface area contributed by atoms with Gasteiger partial charge in [-0.25, -0.2) is 4.98 Å². The number of halogens is 1. The molecule has 3 nitrogen and oxygen atoms in total. The molecule has 6 aromatic rings. The average Bonchev–Trinajstić information content (AvgIpc) is 3.33. The van der Waals surface area contributed by atoms with Crippen LogP contribution >= 0.6 is 11.3 Å². The molecule has 0 N–H and O–H groups in total. The Morgan fingerprint density at radius 2 is 1.71 bits per heavy atom. The molecule has 0 unspecified atom stereocenters. The largest absolute Gasteiger partial charge is 0.305 e. The van der Waals surface area contributed by atoms with Gasteiger partial charge in [-0.1, -0.05) is 67.9 Å². The number of nitrogens with zero attached hydrogens (tertiary/aromatic N) is 3. The van der Waals surface area contributed by atoms with E-state index < -0.39 is 19.5 Å². The summed E-state index contributed by atoms with van der Waals surface area (Å²) in [5.41, 5.74) is 4.93. The Hall–Kier alpha value is -3.31. The van der Waals surface area contributed by atoms with Gasteiger partial charge >= 0.3 is 0 Å². The van der Waals surface area contributed by atoms with E-state index in [9.17, 15) is 4.39 Å². The van der Waals surface area contributed by atoms with Crippen LogP contribution in [0.3, 0.4) is 0 Å². The van der Waals surface area contributed by atoms with Crippen molar-refractivity contribution >= 4 is 31.6 Å². The third-order valence-electron chi connectivity index (χ3n) is 6.47. The van der Waals surface area contributed by atoms with E-state index in [1.807, 2.05) is 46.0 Å². The maximum absolute atomic E-state index is 14.4. The number of hydrogen-bond donors (Lipinski definition) is 0. The smallest absolute Gasteiger partial charge is 0.113 e. The number of thiophene rings is 1. The second kappa shape index (κ2) is 12.9. The third kappa shape index (κ3) is 7.18. The molecule has 0 bridgehead atoms. The molecule has 42 heavy (non-hydrogen) atoms. The van der Waals surface area contributed by atoms with E-state index in [0.29, 0.717) is 12.0 Å². The van der Waals surface area contributed by atoms with E-state index in [2.05, 4.69) is 58.3 Å². The molecule has 6 heteroatoms. The number of rotatable bonds is 3. The van der Waals surface area contributed by atoms with Gasteiger partial charge in [0.25, 0.3) is 0 Å². The summed E-state index contributed by atoms with van der Waals surface area (Å²) >= 11 is 1.72. The molecular formula is C36H34FIrN3S-2. The molecule has 2 aromatic carbocycles. The van der Waals surface area contributed by atoms with Crippen molar-refractivity contribution in [3.8, 4) is 22.5 Å². The summed E-state index contributed by atoms with van der Waals surface area (Å²) in [7, 11) is 0. The van der Waals surface area contributed by atoms with Crippen molar-refractivity contribution in [2.24, 2.45) is 5.41 Å². The number of aromatic nitrogens is 3. The minimum Gasteiger partial charge on any atom is -0.305 e. The van der Waals surface area contributed by atoms with Crippen molar-refractivity contribution in [3.05, 3.63) is 113 Å². The van der Waals surface area contributed by atoms with Gasteiger partial charge in [-0.15, -0.1) is 47.5 Å². The van der Waals surface area contributed by atoms with Gasteiger partial charge in [0.05, 0.1) is 0 Å². The van der Waals surface area contributed by atoms with Crippen LogP contribution in [-0.4, -0.2) is 15.0 Å². The molecule has 4 aromatic heterocycles. The fraction of sp³-hybridized carbons (Fsp3) is 0.250. The Labute approximate surface area is 274 Å². The summed E-state index contributed by atoms with van der Waals surface area (Å²) in [4.78, 5) is 14.3. The predicted molar refractivity (Wildman–Crippen MR) is 170 cm³/mol. The van der Waals surface area contributed by atoms with E-state index in [-0.39, 0.29) is 47.9 Å². The maximum Gasteiger partial charge on any atom is 0.113 e. The molecule has 0 aliphatic heterocycles. The Balaban J connectivity index is 0.000000216. The predicted octanol–water partition coefficient (Wildman–Crippen LogP) is 9.82. The molecule has 0 fully saturated rings. The van der Waals surface area contributed by atoms with Crippen LogP contribution in [0.4, 0.5) is 4.39 Å². The van der Waals surface area contributed by atoms with Gasteiger partial charge in [0.2, 0.25) is 0 Å². The van der Waals surface area contributed by atoms with Gasteiger partial charge in [0, 0.05) is 52.2 Å². The first-order valence-corrected chi connectivity index (χ1v) is 14.1. The summed E-state index contributed by atoms with van der Waals surface area (Å²) in [6.45, 7) is 5.31. The number of fused-ring (bicyclic) bond motifs is 3. The SMILES string of the molecule is Cc1ccnc(-c2[c-]ccc3c2sc2nc(C)ccc23)c1.[2H]C([2H])([2H])c1c[c-]c(-c2cc(CC(C)(C)C)c(C([2H])([2H])[2H])cn2)c(F)c1.[Ir]. The Morgan fingerprint density at radius 1 is 0.905 bits per heavy atom. The van der Waals surface area contributed by atoms with Crippen molar-refractivity contribution in [1.82, 2.24) is 15.0 Å². The maximum atomic E-state index is 14.4. The van der Waals surface area contributed by atoms with Gasteiger partial charge in [-0.2, -0.15) is 11.3 Å². The van der Waals surface area contributed by atoms with Gasteiger partial charge in [0.1, 0.15) is 4.83 Å². The average molecular weight is 758 g/mol. The van der Waals surface area contributed by atoms with Gasteiger partial charge in [-0.05, 0) is 71.7 Å². The van der Waals surface area contributed by atoms with Crippen LogP contribution in [-0.2, 0) is 26.5 Å². The number of pyridine rings is 3. The van der Waals surface area contributed by atoms with Gasteiger partial charge in [-0.3, -0.25) is 4.39 Å². The molecule has 217 valence electrons. The summed E-state index contributed by atoms with van der Waals surface area (Å²) in [6, 6.07) is 22.1. The van der Waals surface area contributed by atoms with Crippen LogP contribution in [0.1, 0.15) is 56.9 Å². The van der Waals surface area contributed by atoms with E-state index >= 15 is 0 Å². The van der Waals surface area contributed by atoms with Crippen LogP contribution in [0, 0.1) is 50.9 Å². The quantitative estimate of drug-likeness (QED) is 0.169. The Kier molecular flexibility index (Phi) is 7.43. The molecule has 0 saturated heterocycles. The first-order valence-electron chi connectivity index (χ1n) is 16.3. The summed E-state index contributed by atoms with van der Waals surface area (Å²) in [5, 5.41) is 2.45. The molecule has 6 rings (SSSR count). The molecule has 4 heterocycles. The molecule has 1 radical (unpaired) electrons. The summed E-state index contributed by atoms with van der Waals surface area (Å²) in [6.07, 6.45) is 3.58. The molecule has 0 aliphatic rings. The number of hydrogen-bond acceptors (Lipinski definition) is 4. The fourth-order valence-corrected chi connectivity index (χ4v) is 5.82. The zero-order valence-corrected chi connectivity index (χ0v) is 27.2. The zero-order valence-electron chi connectivity index (χ0n) is 30.0. The van der Waals surface area contributed by atoms with Gasteiger partial charge in [0.15, 0.2) is 0 Å². The van der Waals surface area contributed by atoms with Crippen LogP contribution in [0.15, 0.2) is 67.0 Å². The molecule has 0 aliphatic carbocycles. The molecule has 0 atom stereocenters. The molecule has 0 amide bonds. The van der Waals surface area contributed by atoms with E-state index in [1.165, 1.54) is 33.3 Å². The number of benzene rings is 2. The minimum absolute atomic E-state index is 0. The van der Waals surface area contributed by atoms with Crippen LogP contribution in [0.5, 0.6) is 0 Å². The van der Waals surface area contributed by atoms with E-state index in [0.717, 1.165) is 27.8 Å². The Bertz CT molecular complexity index is 2080. The van der Waals surface area contributed by atoms with Crippen molar-refractivity contribution < 1.29 is 32.7 Å². The zero-order chi connectivity index (χ0) is 34.3. The molecular weight excluding hydrogens is 718 g/mol. The van der Waals surface area contributed by atoms with E-state index in [4.69, 9.17) is 8.22 Å². The second-order valence-corrected chi connectivity index (χ2v) is 12.3. The van der Waals surface area contributed by atoms with Crippen molar-refractivity contribution in [2.45, 2.75) is 54.7 Å². The van der Waals surface area contributed by atoms with Crippen LogP contribution < -0.4 is 0 Å². The van der Waals surface area contributed by atoms with Crippen molar-refractivity contribution in [1.29, 1.82) is 0 Å². The molecule has 0 spiro atoms. The summed E-state index contributed by atoms with van der Waals surface area (Å²) < 4.78 is 60.7. The van der Waals surface area contributed by atoms with Crippen molar-refractivity contribution in [3.63, 3.8) is 0 Å². The standard InChI is InChI=1S/C18H21FN.C18H13N2S.Ir/c1-12-6-7-15(16(19)8-12)17-9-14(10-18(3,4)5)13(2)11-20-17;1-11-8-9-19-16(10-11)15-5-3-4-13-14-7-6-12(2)20-18(14)21-17(13)15;/h6,8-9,11H,10H2,1-5H3;3-4,6-10H,1-2H3;/q2*-1;/i1D3,2D3;;. The number of aryl methyl sites for hydroxylation is 4. The molecule has 0 saturated carbocycles. The summed E-state index contributed by atoms with van der Waals surface area (Å²) in [5.74, 6) is -0.755. The third-order valence-corrected chi connectivity index (χ3v) is 7.60. The fourth-order valence-electron chi connectivity index (χ4n) is 4.59. The topological polar surface area (TPSA) is 38.7 Å². The monoisotopic (exact) mass is 758 g/mol. The van der Waals surface area contributed by atoms with E-state index in [1.54, 1.807) is 17.4 Å². The van der Waals surface area contributed by atoms with Crippen LogP contribution in [0.25, 0.3) is 42.8 Å². The van der Waals surface area contributed by atoms with Gasteiger partial charge < -0.3 is 9.97 Å². The Morgan fingerprint density at radius 3 is 2.43 bits per heavy atom.